The van der Waals surface area contributed by atoms with Gasteiger partial charge in [0, 0.05) is 0 Å². The smallest absolute Gasteiger partial charge is 0.146 e. The summed E-state index contributed by atoms with van der Waals surface area (Å²) in [6.45, 7) is 4.34. The van der Waals surface area contributed by atoms with E-state index in [-0.39, 0.29) is 0 Å². The van der Waals surface area contributed by atoms with Crippen LogP contribution < -0.4 is 5.73 Å². The van der Waals surface area contributed by atoms with E-state index in [1.54, 1.807) is 6.20 Å². The number of nitrogens with zero attached hydrogens (tertiary/aromatic N) is 2. The van der Waals surface area contributed by atoms with Gasteiger partial charge in [0.1, 0.15) is 5.82 Å². The highest BCUT2D eigenvalue weighted by molar-refractivity contribution is 5.31. The van der Waals surface area contributed by atoms with Gasteiger partial charge in [-0.3, -0.25) is 0 Å². The van der Waals surface area contributed by atoms with Crippen LogP contribution in [-0.4, -0.2) is 10.2 Å². The minimum atomic E-state index is 0.513. The Morgan fingerprint density at radius 1 is 1.42 bits per heavy atom. The second kappa shape index (κ2) is 4.04. The van der Waals surface area contributed by atoms with E-state index in [1.165, 1.54) is 5.56 Å². The Hall–Kier alpha value is -1.12. The first-order valence-electron chi connectivity index (χ1n) is 4.36. The van der Waals surface area contributed by atoms with E-state index in [0.717, 1.165) is 12.8 Å². The highest BCUT2D eigenvalue weighted by atomic mass is 15.1. The van der Waals surface area contributed by atoms with Gasteiger partial charge in [0.2, 0.25) is 0 Å². The molecule has 3 heteroatoms. The number of anilines is 1. The molecule has 0 unspecified atom stereocenters. The third-order valence-electron chi connectivity index (χ3n) is 2.15. The molecule has 12 heavy (non-hydrogen) atoms. The zero-order valence-electron chi connectivity index (χ0n) is 7.62. The van der Waals surface area contributed by atoms with E-state index in [4.69, 9.17) is 5.73 Å². The average Bonchev–Trinajstić information content (AvgIpc) is 2.07. The Bertz CT molecular complexity index is 243. The highest BCUT2D eigenvalue weighted by Crippen LogP contribution is 2.22. The number of hydrogen-bond donors (Lipinski definition) is 1. The molecule has 1 rings (SSSR count). The van der Waals surface area contributed by atoms with Crippen LogP contribution in [-0.2, 0) is 0 Å². The number of nitrogen functional groups attached to an aromatic ring is 1. The molecule has 0 spiro atoms. The van der Waals surface area contributed by atoms with E-state index < -0.39 is 0 Å². The fourth-order valence-electron chi connectivity index (χ4n) is 1.38. The Kier molecular flexibility index (Phi) is 3.02. The minimum Gasteiger partial charge on any atom is -0.382 e. The molecular formula is C9H15N3. The molecule has 1 heterocycles. The summed E-state index contributed by atoms with van der Waals surface area (Å²) in [7, 11) is 0. The van der Waals surface area contributed by atoms with Crippen LogP contribution in [0.15, 0.2) is 12.3 Å². The first-order chi connectivity index (χ1) is 5.77. The Morgan fingerprint density at radius 3 is 2.58 bits per heavy atom. The number of nitrogens with two attached hydrogens (primary N) is 1. The van der Waals surface area contributed by atoms with Crippen molar-refractivity contribution in [3.05, 3.63) is 17.8 Å². The molecule has 0 aliphatic carbocycles. The summed E-state index contributed by atoms with van der Waals surface area (Å²) in [4.78, 5) is 0. The summed E-state index contributed by atoms with van der Waals surface area (Å²) in [6.07, 6.45) is 4.05. The van der Waals surface area contributed by atoms with Crippen molar-refractivity contribution in [2.75, 3.05) is 5.73 Å². The quantitative estimate of drug-likeness (QED) is 0.744. The normalized spacial score (nSPS) is 10.6. The fourth-order valence-corrected chi connectivity index (χ4v) is 1.38. The van der Waals surface area contributed by atoms with Crippen molar-refractivity contribution < 1.29 is 0 Å². The lowest BCUT2D eigenvalue weighted by Crippen LogP contribution is -2.00. The van der Waals surface area contributed by atoms with E-state index in [2.05, 4.69) is 24.0 Å². The van der Waals surface area contributed by atoms with Gasteiger partial charge in [-0.2, -0.15) is 5.10 Å². The van der Waals surface area contributed by atoms with Crippen LogP contribution in [0.4, 0.5) is 5.82 Å². The monoisotopic (exact) mass is 165 g/mol. The summed E-state index contributed by atoms with van der Waals surface area (Å²) in [6, 6.07) is 1.91. The lowest BCUT2D eigenvalue weighted by molar-refractivity contribution is 0.637. The molecule has 1 aromatic heterocycles. The molecule has 0 saturated carbocycles. The van der Waals surface area contributed by atoms with Crippen LogP contribution in [0.1, 0.15) is 38.2 Å². The summed E-state index contributed by atoms with van der Waals surface area (Å²) >= 11 is 0. The maximum atomic E-state index is 5.53. The molecule has 0 aromatic carbocycles. The maximum absolute atomic E-state index is 5.53. The standard InChI is InChI=1S/C9H15N3/c1-3-7(4-2)8-5-9(10)12-11-6-8/h5-7H,3-4H2,1-2H3,(H2,10,12). The summed E-state index contributed by atoms with van der Waals surface area (Å²) in [5.74, 6) is 1.09. The molecule has 0 radical (unpaired) electrons. The Balaban J connectivity index is 2.85. The zero-order valence-corrected chi connectivity index (χ0v) is 7.62. The number of aromatic nitrogens is 2. The van der Waals surface area contributed by atoms with Gasteiger partial charge < -0.3 is 5.73 Å². The third-order valence-corrected chi connectivity index (χ3v) is 2.15. The van der Waals surface area contributed by atoms with Gasteiger partial charge in [-0.1, -0.05) is 13.8 Å². The number of rotatable bonds is 3. The molecule has 0 aliphatic heterocycles. The SMILES string of the molecule is CCC(CC)c1cnnc(N)c1. The van der Waals surface area contributed by atoms with Crippen molar-refractivity contribution in [3.8, 4) is 0 Å². The molecule has 0 atom stereocenters. The van der Waals surface area contributed by atoms with Crippen molar-refractivity contribution in [1.82, 2.24) is 10.2 Å². The van der Waals surface area contributed by atoms with Gasteiger partial charge in [-0.05, 0) is 30.4 Å². The third kappa shape index (κ3) is 1.94. The van der Waals surface area contributed by atoms with Gasteiger partial charge in [0.15, 0.2) is 0 Å². The summed E-state index contributed by atoms with van der Waals surface area (Å²) in [5, 5.41) is 7.54. The predicted molar refractivity (Wildman–Crippen MR) is 49.8 cm³/mol. The van der Waals surface area contributed by atoms with Crippen LogP contribution in [0.25, 0.3) is 0 Å². The second-order valence-corrected chi connectivity index (χ2v) is 2.93. The van der Waals surface area contributed by atoms with Crippen LogP contribution in [0, 0.1) is 0 Å². The second-order valence-electron chi connectivity index (χ2n) is 2.93. The van der Waals surface area contributed by atoms with Crippen molar-refractivity contribution in [3.63, 3.8) is 0 Å². The van der Waals surface area contributed by atoms with Crippen LogP contribution >= 0.6 is 0 Å². The Labute approximate surface area is 73.0 Å². The van der Waals surface area contributed by atoms with Crippen molar-refractivity contribution >= 4 is 5.82 Å². The lowest BCUT2D eigenvalue weighted by Gasteiger charge is -2.11. The minimum absolute atomic E-state index is 0.513. The van der Waals surface area contributed by atoms with E-state index in [1.807, 2.05) is 6.07 Å². The van der Waals surface area contributed by atoms with Gasteiger partial charge in [0.05, 0.1) is 6.20 Å². The molecule has 0 saturated heterocycles. The predicted octanol–water partition coefficient (Wildman–Crippen LogP) is 1.96. The lowest BCUT2D eigenvalue weighted by atomic mass is 9.96. The molecule has 3 nitrogen and oxygen atoms in total. The molecule has 0 fully saturated rings. The topological polar surface area (TPSA) is 51.8 Å². The van der Waals surface area contributed by atoms with Gasteiger partial charge >= 0.3 is 0 Å². The molecule has 0 aliphatic rings. The zero-order chi connectivity index (χ0) is 8.97. The van der Waals surface area contributed by atoms with Gasteiger partial charge in [0.25, 0.3) is 0 Å². The molecule has 0 bridgehead atoms. The first kappa shape index (κ1) is 8.97. The average molecular weight is 165 g/mol. The van der Waals surface area contributed by atoms with Crippen molar-refractivity contribution in [2.45, 2.75) is 32.6 Å². The molecule has 2 N–H and O–H groups in total. The summed E-state index contributed by atoms with van der Waals surface area (Å²) < 4.78 is 0. The van der Waals surface area contributed by atoms with Crippen LogP contribution in [0.5, 0.6) is 0 Å². The van der Waals surface area contributed by atoms with Crippen LogP contribution in [0.2, 0.25) is 0 Å². The maximum Gasteiger partial charge on any atom is 0.146 e. The molecular weight excluding hydrogens is 150 g/mol. The molecule has 0 amide bonds. The van der Waals surface area contributed by atoms with Crippen molar-refractivity contribution in [2.24, 2.45) is 0 Å². The molecule has 1 aromatic rings. The van der Waals surface area contributed by atoms with Gasteiger partial charge in [-0.15, -0.1) is 5.10 Å². The van der Waals surface area contributed by atoms with E-state index in [9.17, 15) is 0 Å². The van der Waals surface area contributed by atoms with Gasteiger partial charge in [-0.25, -0.2) is 0 Å². The van der Waals surface area contributed by atoms with Crippen molar-refractivity contribution in [1.29, 1.82) is 0 Å². The number of hydrogen-bond acceptors (Lipinski definition) is 3. The summed E-state index contributed by atoms with van der Waals surface area (Å²) in [5.41, 5.74) is 6.73. The van der Waals surface area contributed by atoms with Crippen LogP contribution in [0.3, 0.4) is 0 Å². The Morgan fingerprint density at radius 2 is 2.08 bits per heavy atom. The largest absolute Gasteiger partial charge is 0.382 e. The fraction of sp³-hybridized carbons (Fsp3) is 0.556. The first-order valence-corrected chi connectivity index (χ1v) is 4.36. The highest BCUT2D eigenvalue weighted by Gasteiger charge is 2.06. The van der Waals surface area contributed by atoms with E-state index >= 15 is 0 Å². The van der Waals surface area contributed by atoms with E-state index in [0.29, 0.717) is 11.7 Å². The molecule has 66 valence electrons.